The van der Waals surface area contributed by atoms with Gasteiger partial charge in [0.1, 0.15) is 11.4 Å². The van der Waals surface area contributed by atoms with Crippen molar-refractivity contribution in [2.24, 2.45) is 0 Å². The molecule has 0 bridgehead atoms. The summed E-state index contributed by atoms with van der Waals surface area (Å²) < 4.78 is 4.69. The third-order valence-electron chi connectivity index (χ3n) is 11.5. The van der Waals surface area contributed by atoms with Gasteiger partial charge in [0.15, 0.2) is 11.6 Å². The molecular weight excluding hydrogens is 587 g/mol. The lowest BCUT2D eigenvalue weighted by atomic mass is 9.89. The summed E-state index contributed by atoms with van der Waals surface area (Å²) >= 11 is 0. The van der Waals surface area contributed by atoms with E-state index in [1.807, 2.05) is 0 Å². The summed E-state index contributed by atoms with van der Waals surface area (Å²) in [6.45, 7) is 23.9. The summed E-state index contributed by atoms with van der Waals surface area (Å²) in [6.07, 6.45) is 0. The van der Waals surface area contributed by atoms with Gasteiger partial charge in [0.25, 0.3) is 0 Å². The van der Waals surface area contributed by atoms with Gasteiger partial charge in [-0.15, -0.1) is 0 Å². The van der Waals surface area contributed by atoms with Crippen molar-refractivity contribution < 1.29 is 0 Å². The lowest BCUT2D eigenvalue weighted by molar-refractivity contribution is 0.808. The Morgan fingerprint density at radius 2 is 0.708 bits per heavy atom. The minimum Gasteiger partial charge on any atom is -0.318 e. The van der Waals surface area contributed by atoms with E-state index in [0.717, 1.165) is 58.2 Å². The van der Waals surface area contributed by atoms with Crippen molar-refractivity contribution in [3.05, 3.63) is 133 Å². The number of hydrogen-bond acceptors (Lipinski definition) is 3. The fourth-order valence-electron chi connectivity index (χ4n) is 7.49. The maximum Gasteiger partial charge on any atom is 0.160 e. The topological polar surface area (TPSA) is 48.5 Å². The zero-order chi connectivity index (χ0) is 34.0. The second-order valence-corrected chi connectivity index (χ2v) is 13.6. The lowest BCUT2D eigenvalue weighted by Crippen LogP contribution is -2.10. The first kappa shape index (κ1) is 31.6. The number of fused-ring (bicyclic) bond motifs is 2. The van der Waals surface area contributed by atoms with E-state index in [9.17, 15) is 0 Å². The highest BCUT2D eigenvalue weighted by Crippen LogP contribution is 2.33. The molecule has 48 heavy (non-hydrogen) atoms. The Morgan fingerprint density at radius 1 is 0.375 bits per heavy atom. The van der Waals surface area contributed by atoms with Crippen LogP contribution in [0.2, 0.25) is 0 Å². The van der Waals surface area contributed by atoms with Gasteiger partial charge in [-0.1, -0.05) is 30.3 Å². The maximum atomic E-state index is 5.33. The van der Waals surface area contributed by atoms with Crippen LogP contribution >= 0.6 is 0 Å². The number of imidazole rings is 2. The number of para-hydroxylation sites is 4. The molecule has 4 aromatic carbocycles. The smallest absolute Gasteiger partial charge is 0.160 e. The number of hydrogen-bond donors (Lipinski definition) is 0. The number of aromatic nitrogens is 5. The standard InChI is InChI=1S/C43H45N5/c1-24-26(3)30(7)34(31(8)27(24)4)22-47-40-20-13-11-16-36(40)45-42(47)38-18-15-19-39(44-38)43-46-37-17-12-14-21-41(37)48(43)23-35-32(9)28(5)25(2)29(6)33(35)10/h11-21H,22-23H2,1-10H3. The molecule has 0 N–H and O–H groups in total. The first-order valence-corrected chi connectivity index (χ1v) is 17.0. The molecule has 3 heterocycles. The fourth-order valence-corrected chi connectivity index (χ4v) is 7.49. The van der Waals surface area contributed by atoms with Gasteiger partial charge in [-0.05, 0) is 172 Å². The van der Waals surface area contributed by atoms with Crippen molar-refractivity contribution in [3.63, 3.8) is 0 Å². The molecule has 0 fully saturated rings. The van der Waals surface area contributed by atoms with Gasteiger partial charge in [-0.3, -0.25) is 0 Å². The van der Waals surface area contributed by atoms with Crippen LogP contribution in [0.4, 0.5) is 0 Å². The molecule has 7 rings (SSSR count). The van der Waals surface area contributed by atoms with Gasteiger partial charge in [-0.2, -0.15) is 0 Å². The van der Waals surface area contributed by atoms with Crippen LogP contribution in [0, 0.1) is 69.2 Å². The van der Waals surface area contributed by atoms with E-state index in [1.54, 1.807) is 0 Å². The molecule has 0 amide bonds. The Kier molecular flexibility index (Phi) is 7.82. The van der Waals surface area contributed by atoms with Crippen LogP contribution in [-0.2, 0) is 13.1 Å². The van der Waals surface area contributed by atoms with Crippen LogP contribution in [0.1, 0.15) is 66.8 Å². The van der Waals surface area contributed by atoms with Gasteiger partial charge in [-0.25, -0.2) is 15.0 Å². The molecule has 0 atom stereocenters. The van der Waals surface area contributed by atoms with Crippen LogP contribution in [0.25, 0.3) is 45.1 Å². The zero-order valence-electron chi connectivity index (χ0n) is 30.0. The highest BCUT2D eigenvalue weighted by Gasteiger charge is 2.22. The zero-order valence-corrected chi connectivity index (χ0v) is 30.0. The second kappa shape index (κ2) is 11.9. The maximum absolute atomic E-state index is 5.33. The second-order valence-electron chi connectivity index (χ2n) is 13.6. The number of rotatable bonds is 6. The molecule has 5 nitrogen and oxygen atoms in total. The van der Waals surface area contributed by atoms with Gasteiger partial charge in [0.2, 0.25) is 0 Å². The predicted molar refractivity (Wildman–Crippen MR) is 200 cm³/mol. The van der Waals surface area contributed by atoms with E-state index >= 15 is 0 Å². The largest absolute Gasteiger partial charge is 0.318 e. The van der Waals surface area contributed by atoms with Crippen molar-refractivity contribution in [1.82, 2.24) is 24.1 Å². The van der Waals surface area contributed by atoms with E-state index in [2.05, 4.69) is 145 Å². The fraction of sp³-hybridized carbons (Fsp3) is 0.279. The van der Waals surface area contributed by atoms with Gasteiger partial charge in [0.05, 0.1) is 35.2 Å². The first-order chi connectivity index (χ1) is 23.0. The third kappa shape index (κ3) is 4.95. The molecule has 0 aliphatic heterocycles. The summed E-state index contributed by atoms with van der Waals surface area (Å²) in [4.78, 5) is 15.7. The van der Waals surface area contributed by atoms with Crippen LogP contribution in [0.5, 0.6) is 0 Å². The van der Waals surface area contributed by atoms with Crippen molar-refractivity contribution in [2.45, 2.75) is 82.3 Å². The first-order valence-electron chi connectivity index (χ1n) is 17.0. The van der Waals surface area contributed by atoms with Crippen LogP contribution in [0.15, 0.2) is 66.7 Å². The van der Waals surface area contributed by atoms with Gasteiger partial charge < -0.3 is 9.13 Å². The van der Waals surface area contributed by atoms with E-state index in [4.69, 9.17) is 15.0 Å². The molecule has 0 radical (unpaired) electrons. The highest BCUT2D eigenvalue weighted by atomic mass is 15.1. The normalized spacial score (nSPS) is 11.7. The molecule has 5 heteroatoms. The summed E-state index contributed by atoms with van der Waals surface area (Å²) in [5.41, 5.74) is 22.2. The van der Waals surface area contributed by atoms with Gasteiger partial charge in [0, 0.05) is 0 Å². The van der Waals surface area contributed by atoms with Crippen molar-refractivity contribution >= 4 is 22.1 Å². The average molecular weight is 632 g/mol. The van der Waals surface area contributed by atoms with Crippen molar-refractivity contribution in [2.75, 3.05) is 0 Å². The SMILES string of the molecule is Cc1c(C)c(C)c(Cn2c(-c3cccc(-c4nc5ccccc5n4Cc4c(C)c(C)c(C)c(C)c4C)n3)nc3ccccc32)c(C)c1C. The van der Waals surface area contributed by atoms with E-state index < -0.39 is 0 Å². The molecule has 0 unspecified atom stereocenters. The number of nitrogens with zero attached hydrogens (tertiary/aromatic N) is 5. The molecule has 242 valence electrons. The van der Waals surface area contributed by atoms with Gasteiger partial charge >= 0.3 is 0 Å². The monoisotopic (exact) mass is 631 g/mol. The molecule has 0 aliphatic rings. The summed E-state index contributed by atoms with van der Waals surface area (Å²) in [6, 6.07) is 23.1. The van der Waals surface area contributed by atoms with Crippen molar-refractivity contribution in [1.29, 1.82) is 0 Å². The Hall–Kier alpha value is -5.03. The Balaban J connectivity index is 1.40. The lowest BCUT2D eigenvalue weighted by Gasteiger charge is -2.21. The number of pyridine rings is 1. The van der Waals surface area contributed by atoms with E-state index in [1.165, 1.54) is 66.8 Å². The third-order valence-corrected chi connectivity index (χ3v) is 11.5. The average Bonchev–Trinajstić information content (AvgIpc) is 3.67. The Labute approximate surface area is 284 Å². The minimum atomic E-state index is 0.727. The number of benzene rings is 4. The van der Waals surface area contributed by atoms with Crippen LogP contribution in [0.3, 0.4) is 0 Å². The molecule has 7 aromatic rings. The summed E-state index contributed by atoms with van der Waals surface area (Å²) in [7, 11) is 0. The van der Waals surface area contributed by atoms with Crippen LogP contribution < -0.4 is 0 Å². The van der Waals surface area contributed by atoms with Crippen LogP contribution in [-0.4, -0.2) is 24.1 Å². The van der Waals surface area contributed by atoms with Crippen molar-refractivity contribution in [3.8, 4) is 23.0 Å². The quantitative estimate of drug-likeness (QED) is 0.183. The summed E-state index contributed by atoms with van der Waals surface area (Å²) in [5, 5.41) is 0. The minimum absolute atomic E-state index is 0.727. The Bertz CT molecular complexity index is 2180. The molecule has 0 aliphatic carbocycles. The highest BCUT2D eigenvalue weighted by molar-refractivity contribution is 5.82. The van der Waals surface area contributed by atoms with E-state index in [0.29, 0.717) is 0 Å². The Morgan fingerprint density at radius 3 is 1.08 bits per heavy atom. The molecular formula is C43H45N5. The van der Waals surface area contributed by atoms with E-state index in [-0.39, 0.29) is 0 Å². The molecule has 0 saturated heterocycles. The summed E-state index contributed by atoms with van der Waals surface area (Å²) in [5.74, 6) is 1.73. The molecule has 0 spiro atoms. The predicted octanol–water partition coefficient (Wildman–Crippen LogP) is 10.3. The molecule has 3 aromatic heterocycles. The molecule has 0 saturated carbocycles.